The number of aromatic nitrogens is 4. The number of fused-ring (bicyclic) bond motifs is 1. The molecule has 21 heavy (non-hydrogen) atoms. The van der Waals surface area contributed by atoms with E-state index >= 15 is 0 Å². The average Bonchev–Trinajstić information content (AvgIpc) is 2.92. The Morgan fingerprint density at radius 1 is 1.14 bits per heavy atom. The van der Waals surface area contributed by atoms with Crippen molar-refractivity contribution in [2.75, 3.05) is 5.32 Å². The molecular formula is C10H4Cl2N6O3. The summed E-state index contributed by atoms with van der Waals surface area (Å²) in [7, 11) is 0. The molecule has 0 bridgehead atoms. The van der Waals surface area contributed by atoms with Crippen LogP contribution in [0.3, 0.4) is 0 Å². The van der Waals surface area contributed by atoms with Crippen LogP contribution in [0.2, 0.25) is 10.3 Å². The smallest absolute Gasteiger partial charge is 0.300 e. The highest BCUT2D eigenvalue weighted by molar-refractivity contribution is 6.37. The molecule has 1 aromatic carbocycles. The van der Waals surface area contributed by atoms with E-state index in [1.165, 1.54) is 18.5 Å². The van der Waals surface area contributed by atoms with Crippen molar-refractivity contribution in [3.8, 4) is 0 Å². The molecule has 0 aliphatic rings. The molecule has 0 saturated heterocycles. The number of rotatable bonds is 3. The van der Waals surface area contributed by atoms with Crippen LogP contribution in [0.25, 0.3) is 11.0 Å². The van der Waals surface area contributed by atoms with Crippen LogP contribution in [0.1, 0.15) is 0 Å². The molecule has 11 heteroatoms. The molecule has 2 heterocycles. The van der Waals surface area contributed by atoms with Crippen LogP contribution in [0.4, 0.5) is 17.1 Å². The molecule has 0 unspecified atom stereocenters. The maximum absolute atomic E-state index is 10.9. The fourth-order valence-corrected chi connectivity index (χ4v) is 2.09. The Morgan fingerprint density at radius 2 is 1.81 bits per heavy atom. The number of nitrogens with zero attached hydrogens (tertiary/aromatic N) is 5. The molecule has 3 aromatic rings. The topological polar surface area (TPSA) is 120 Å². The Kier molecular flexibility index (Phi) is 3.28. The molecule has 3 rings (SSSR count). The Hall–Kier alpha value is -2.52. The van der Waals surface area contributed by atoms with Crippen LogP contribution in [0, 0.1) is 10.1 Å². The van der Waals surface area contributed by atoms with Crippen LogP contribution in [0.5, 0.6) is 0 Å². The van der Waals surface area contributed by atoms with E-state index in [4.69, 9.17) is 23.2 Å². The molecule has 0 fully saturated rings. The van der Waals surface area contributed by atoms with Crippen molar-refractivity contribution in [1.29, 1.82) is 0 Å². The number of non-ortho nitro benzene ring substituents is 1. The zero-order valence-electron chi connectivity index (χ0n) is 9.95. The van der Waals surface area contributed by atoms with Crippen molar-refractivity contribution in [3.63, 3.8) is 0 Å². The summed E-state index contributed by atoms with van der Waals surface area (Å²) >= 11 is 11.8. The van der Waals surface area contributed by atoms with E-state index in [-0.39, 0.29) is 32.7 Å². The third-order valence-corrected chi connectivity index (χ3v) is 3.18. The minimum absolute atomic E-state index is 0.00842. The Balaban J connectivity index is 2.12. The van der Waals surface area contributed by atoms with Gasteiger partial charge in [0.2, 0.25) is 5.52 Å². The first-order chi connectivity index (χ1) is 10.1. The van der Waals surface area contributed by atoms with E-state index < -0.39 is 4.92 Å². The van der Waals surface area contributed by atoms with E-state index in [0.29, 0.717) is 5.69 Å². The highest BCUT2D eigenvalue weighted by Crippen LogP contribution is 2.34. The van der Waals surface area contributed by atoms with Crippen LogP contribution in [-0.4, -0.2) is 25.2 Å². The van der Waals surface area contributed by atoms with E-state index in [1.807, 2.05) is 0 Å². The number of hydrogen-bond acceptors (Lipinski definition) is 8. The number of anilines is 2. The molecule has 0 radical (unpaired) electrons. The van der Waals surface area contributed by atoms with Gasteiger partial charge < -0.3 is 5.32 Å². The van der Waals surface area contributed by atoms with Crippen molar-refractivity contribution in [1.82, 2.24) is 20.3 Å². The van der Waals surface area contributed by atoms with Gasteiger partial charge in [-0.3, -0.25) is 10.1 Å². The third-order valence-electron chi connectivity index (χ3n) is 2.61. The number of nitro benzene ring substituents is 1. The van der Waals surface area contributed by atoms with Gasteiger partial charge in [0.05, 0.1) is 10.6 Å². The zero-order chi connectivity index (χ0) is 15.0. The van der Waals surface area contributed by atoms with Crippen molar-refractivity contribution in [3.05, 3.63) is 38.9 Å². The first-order valence-corrected chi connectivity index (χ1v) is 6.16. The molecule has 0 aliphatic heterocycles. The molecule has 0 saturated carbocycles. The second-order valence-electron chi connectivity index (χ2n) is 3.81. The minimum Gasteiger partial charge on any atom is -0.349 e. The lowest BCUT2D eigenvalue weighted by Crippen LogP contribution is -1.98. The van der Waals surface area contributed by atoms with Crippen molar-refractivity contribution >= 4 is 51.3 Å². The van der Waals surface area contributed by atoms with Crippen LogP contribution in [0.15, 0.2) is 23.1 Å². The molecule has 2 aromatic heterocycles. The second kappa shape index (κ2) is 5.11. The third kappa shape index (κ3) is 2.32. The molecule has 1 N–H and O–H groups in total. The van der Waals surface area contributed by atoms with E-state index in [9.17, 15) is 10.1 Å². The number of nitro groups is 1. The van der Waals surface area contributed by atoms with Crippen molar-refractivity contribution < 1.29 is 9.55 Å². The molecule has 0 spiro atoms. The fraction of sp³-hybridized carbons (Fsp3) is 0. The first-order valence-electron chi connectivity index (χ1n) is 5.40. The largest absolute Gasteiger partial charge is 0.349 e. The van der Waals surface area contributed by atoms with Gasteiger partial charge in [0.15, 0.2) is 15.8 Å². The summed E-state index contributed by atoms with van der Waals surface area (Å²) in [6, 6.07) is 2.70. The maximum Gasteiger partial charge on any atom is 0.300 e. The summed E-state index contributed by atoms with van der Waals surface area (Å²) in [6.45, 7) is 0. The van der Waals surface area contributed by atoms with E-state index in [0.717, 1.165) is 0 Å². The maximum atomic E-state index is 10.9. The Labute approximate surface area is 126 Å². The lowest BCUT2D eigenvalue weighted by atomic mass is 10.2. The lowest BCUT2D eigenvalue weighted by Gasteiger charge is -2.08. The molecule has 0 aliphatic carbocycles. The number of nitrogens with one attached hydrogen (secondary N) is 1. The summed E-state index contributed by atoms with van der Waals surface area (Å²) in [5.41, 5.74) is 0.571. The molecule has 0 amide bonds. The van der Waals surface area contributed by atoms with Gasteiger partial charge in [-0.2, -0.15) is 0 Å². The molecule has 9 nitrogen and oxygen atoms in total. The summed E-state index contributed by atoms with van der Waals surface area (Å²) in [5, 5.41) is 21.1. The van der Waals surface area contributed by atoms with Crippen LogP contribution in [-0.2, 0) is 0 Å². The number of hydrogen-bond donors (Lipinski definition) is 1. The van der Waals surface area contributed by atoms with Gasteiger partial charge in [-0.05, 0) is 16.4 Å². The summed E-state index contributed by atoms with van der Waals surface area (Å²) in [6.07, 6.45) is 1.21. The summed E-state index contributed by atoms with van der Waals surface area (Å²) in [4.78, 5) is 17.9. The quantitative estimate of drug-likeness (QED) is 0.443. The SMILES string of the molecule is O=[N+]([O-])c1ccc(Nc2c(Cl)ncnc2Cl)c2nonc12. The average molecular weight is 327 g/mol. The minimum atomic E-state index is -0.581. The zero-order valence-corrected chi connectivity index (χ0v) is 11.5. The van der Waals surface area contributed by atoms with Gasteiger partial charge in [0.25, 0.3) is 0 Å². The predicted molar refractivity (Wildman–Crippen MR) is 73.8 cm³/mol. The normalized spacial score (nSPS) is 10.8. The van der Waals surface area contributed by atoms with Crippen molar-refractivity contribution in [2.45, 2.75) is 0 Å². The van der Waals surface area contributed by atoms with E-state index in [2.05, 4.69) is 30.2 Å². The van der Waals surface area contributed by atoms with Crippen LogP contribution < -0.4 is 5.32 Å². The van der Waals surface area contributed by atoms with Gasteiger partial charge >= 0.3 is 5.69 Å². The van der Waals surface area contributed by atoms with Gasteiger partial charge in [-0.1, -0.05) is 23.2 Å². The fourth-order valence-electron chi connectivity index (χ4n) is 1.68. The van der Waals surface area contributed by atoms with Gasteiger partial charge in [0, 0.05) is 6.07 Å². The van der Waals surface area contributed by atoms with Gasteiger partial charge in [-0.25, -0.2) is 14.6 Å². The monoisotopic (exact) mass is 326 g/mol. The molecular weight excluding hydrogens is 323 g/mol. The van der Waals surface area contributed by atoms with Crippen molar-refractivity contribution in [2.24, 2.45) is 0 Å². The van der Waals surface area contributed by atoms with Crippen LogP contribution >= 0.6 is 23.2 Å². The number of benzene rings is 1. The highest BCUT2D eigenvalue weighted by atomic mass is 35.5. The predicted octanol–water partition coefficient (Wildman–Crippen LogP) is 2.97. The first kappa shape index (κ1) is 13.5. The number of halogens is 2. The van der Waals surface area contributed by atoms with Gasteiger partial charge in [-0.15, -0.1) is 0 Å². The molecule has 106 valence electrons. The Bertz CT molecular complexity index is 832. The second-order valence-corrected chi connectivity index (χ2v) is 4.52. The highest BCUT2D eigenvalue weighted by Gasteiger charge is 2.20. The summed E-state index contributed by atoms with van der Waals surface area (Å²) in [5.74, 6) is 0. The van der Waals surface area contributed by atoms with Gasteiger partial charge in [0.1, 0.15) is 12.0 Å². The van der Waals surface area contributed by atoms with E-state index in [1.54, 1.807) is 0 Å². The molecule has 0 atom stereocenters. The standard InChI is InChI=1S/C10H4Cl2N6O3/c11-9-8(10(12)14-3-13-9)15-4-1-2-5(18(19)20)7-6(4)16-21-17-7/h1-3,15H. The lowest BCUT2D eigenvalue weighted by molar-refractivity contribution is -0.383. The Morgan fingerprint density at radius 3 is 2.48 bits per heavy atom. The summed E-state index contributed by atoms with van der Waals surface area (Å²) < 4.78 is 4.55.